The van der Waals surface area contributed by atoms with E-state index in [1.807, 2.05) is 25.7 Å². The first-order valence-corrected chi connectivity index (χ1v) is 7.03. The van der Waals surface area contributed by atoms with Crippen molar-refractivity contribution in [2.45, 2.75) is 45.8 Å². The van der Waals surface area contributed by atoms with Crippen molar-refractivity contribution < 1.29 is 14.3 Å². The molecule has 0 bridgehead atoms. The number of aromatic nitrogens is 2. The number of nitrogens with zero attached hydrogens (tertiary/aromatic N) is 3. The minimum atomic E-state index is -0.253. The van der Waals surface area contributed by atoms with Gasteiger partial charge >= 0.3 is 5.97 Å². The van der Waals surface area contributed by atoms with Crippen molar-refractivity contribution in [1.82, 2.24) is 9.97 Å². The molecule has 1 aliphatic rings. The number of esters is 1. The van der Waals surface area contributed by atoms with Crippen LogP contribution in [0.2, 0.25) is 0 Å². The Hall–Kier alpha value is -1.85. The first-order chi connectivity index (χ1) is 9.61. The highest BCUT2D eigenvalue weighted by Crippen LogP contribution is 2.26. The van der Waals surface area contributed by atoms with E-state index in [0.29, 0.717) is 18.3 Å². The van der Waals surface area contributed by atoms with Gasteiger partial charge in [-0.3, -0.25) is 0 Å². The van der Waals surface area contributed by atoms with Gasteiger partial charge in [-0.1, -0.05) is 0 Å². The zero-order chi connectivity index (χ0) is 14.5. The molecule has 1 saturated heterocycles. The molecule has 110 valence electrons. The van der Waals surface area contributed by atoms with Crippen LogP contribution in [0.4, 0.5) is 5.82 Å². The summed E-state index contributed by atoms with van der Waals surface area (Å²) in [6.07, 6.45) is 3.27. The number of rotatable bonds is 5. The number of ether oxygens (including phenoxy) is 2. The van der Waals surface area contributed by atoms with Crippen LogP contribution in [-0.4, -0.2) is 41.2 Å². The normalized spacial score (nSPS) is 18.4. The Kier molecular flexibility index (Phi) is 4.76. The summed E-state index contributed by atoms with van der Waals surface area (Å²) in [6, 6.07) is 1.52. The Bertz CT molecular complexity index is 465. The molecule has 0 saturated carbocycles. The fourth-order valence-electron chi connectivity index (χ4n) is 2.32. The van der Waals surface area contributed by atoms with Crippen molar-refractivity contribution in [1.29, 1.82) is 0 Å². The molecule has 0 spiro atoms. The first-order valence-electron chi connectivity index (χ1n) is 7.03. The van der Waals surface area contributed by atoms with Gasteiger partial charge in [0.05, 0.1) is 12.7 Å². The van der Waals surface area contributed by atoms with Crippen molar-refractivity contribution in [3.8, 4) is 5.88 Å². The molecule has 1 unspecified atom stereocenters. The lowest BCUT2D eigenvalue weighted by atomic mass is 10.2. The second kappa shape index (κ2) is 6.54. The quantitative estimate of drug-likeness (QED) is 0.766. The van der Waals surface area contributed by atoms with E-state index in [4.69, 9.17) is 9.47 Å². The molecule has 1 aromatic heterocycles. The number of carbonyl (C=O) groups is 1. The highest BCUT2D eigenvalue weighted by atomic mass is 16.5. The summed E-state index contributed by atoms with van der Waals surface area (Å²) in [5.74, 6) is 1.06. The SMILES string of the molecule is CCOC(=O)C1CCCN1c1cc(OC(C)C)ncn1. The first kappa shape index (κ1) is 14.6. The molecular formula is C14H21N3O3. The summed E-state index contributed by atoms with van der Waals surface area (Å²) in [4.78, 5) is 22.2. The molecule has 0 radical (unpaired) electrons. The topological polar surface area (TPSA) is 64.5 Å². The second-order valence-electron chi connectivity index (χ2n) is 4.98. The molecule has 20 heavy (non-hydrogen) atoms. The number of anilines is 1. The fourth-order valence-corrected chi connectivity index (χ4v) is 2.32. The van der Waals surface area contributed by atoms with Gasteiger partial charge in [-0.05, 0) is 33.6 Å². The largest absolute Gasteiger partial charge is 0.475 e. The smallest absolute Gasteiger partial charge is 0.328 e. The Balaban J connectivity index is 2.15. The third-order valence-corrected chi connectivity index (χ3v) is 3.09. The Labute approximate surface area is 119 Å². The van der Waals surface area contributed by atoms with Gasteiger partial charge in [-0.15, -0.1) is 0 Å². The molecule has 1 fully saturated rings. The molecule has 6 nitrogen and oxygen atoms in total. The van der Waals surface area contributed by atoms with Crippen LogP contribution in [0.25, 0.3) is 0 Å². The summed E-state index contributed by atoms with van der Waals surface area (Å²) < 4.78 is 10.7. The fraction of sp³-hybridized carbons (Fsp3) is 0.643. The molecule has 0 aromatic carbocycles. The minimum Gasteiger partial charge on any atom is -0.475 e. The van der Waals surface area contributed by atoms with Crippen molar-refractivity contribution >= 4 is 11.8 Å². The van der Waals surface area contributed by atoms with E-state index < -0.39 is 0 Å². The van der Waals surface area contributed by atoms with Crippen molar-refractivity contribution in [3.05, 3.63) is 12.4 Å². The Morgan fingerprint density at radius 1 is 1.50 bits per heavy atom. The van der Waals surface area contributed by atoms with Crippen LogP contribution in [0.15, 0.2) is 12.4 Å². The maximum absolute atomic E-state index is 12.0. The molecule has 1 aliphatic heterocycles. The Morgan fingerprint density at radius 2 is 2.30 bits per heavy atom. The van der Waals surface area contributed by atoms with Crippen LogP contribution in [0.5, 0.6) is 5.88 Å². The standard InChI is InChI=1S/C14H21N3O3/c1-4-19-14(18)11-6-5-7-17(11)12-8-13(16-9-15-12)20-10(2)3/h8-11H,4-7H2,1-3H3. The molecule has 0 aliphatic carbocycles. The van der Waals surface area contributed by atoms with Crippen molar-refractivity contribution in [2.24, 2.45) is 0 Å². The highest BCUT2D eigenvalue weighted by molar-refractivity contribution is 5.80. The van der Waals surface area contributed by atoms with Crippen LogP contribution >= 0.6 is 0 Å². The lowest BCUT2D eigenvalue weighted by Gasteiger charge is -2.24. The summed E-state index contributed by atoms with van der Waals surface area (Å²) >= 11 is 0. The van der Waals surface area contributed by atoms with Crippen LogP contribution in [0, 0.1) is 0 Å². The van der Waals surface area contributed by atoms with Gasteiger partial charge in [0.2, 0.25) is 5.88 Å². The third kappa shape index (κ3) is 3.37. The third-order valence-electron chi connectivity index (χ3n) is 3.09. The van der Waals surface area contributed by atoms with E-state index in [2.05, 4.69) is 9.97 Å². The number of hydrogen-bond acceptors (Lipinski definition) is 6. The van der Waals surface area contributed by atoms with Crippen molar-refractivity contribution in [3.63, 3.8) is 0 Å². The highest BCUT2D eigenvalue weighted by Gasteiger charge is 2.33. The van der Waals surface area contributed by atoms with Gasteiger partial charge in [0.15, 0.2) is 0 Å². The summed E-state index contributed by atoms with van der Waals surface area (Å²) in [5, 5.41) is 0. The average molecular weight is 279 g/mol. The molecule has 2 heterocycles. The Morgan fingerprint density at radius 3 is 3.00 bits per heavy atom. The molecule has 2 rings (SSSR count). The van der Waals surface area contributed by atoms with E-state index >= 15 is 0 Å². The molecule has 1 aromatic rings. The summed E-state index contributed by atoms with van der Waals surface area (Å²) in [5.41, 5.74) is 0. The van der Waals surface area contributed by atoms with Gasteiger partial charge in [0, 0.05) is 12.6 Å². The lowest BCUT2D eigenvalue weighted by Crippen LogP contribution is -2.37. The zero-order valence-corrected chi connectivity index (χ0v) is 12.2. The van der Waals surface area contributed by atoms with Crippen LogP contribution < -0.4 is 9.64 Å². The van der Waals surface area contributed by atoms with E-state index in [1.165, 1.54) is 6.33 Å². The monoisotopic (exact) mass is 279 g/mol. The predicted molar refractivity (Wildman–Crippen MR) is 74.8 cm³/mol. The number of carbonyl (C=O) groups excluding carboxylic acids is 1. The lowest BCUT2D eigenvalue weighted by molar-refractivity contribution is -0.144. The van der Waals surface area contributed by atoms with Crippen LogP contribution in [-0.2, 0) is 9.53 Å². The molecule has 0 N–H and O–H groups in total. The van der Waals surface area contributed by atoms with E-state index in [1.54, 1.807) is 6.07 Å². The molecular weight excluding hydrogens is 258 g/mol. The van der Waals surface area contributed by atoms with Gasteiger partial charge in [0.25, 0.3) is 0 Å². The second-order valence-corrected chi connectivity index (χ2v) is 4.98. The maximum atomic E-state index is 12.0. The van der Waals surface area contributed by atoms with E-state index in [9.17, 15) is 4.79 Å². The average Bonchev–Trinajstić information content (AvgIpc) is 2.87. The van der Waals surface area contributed by atoms with Crippen LogP contribution in [0.1, 0.15) is 33.6 Å². The predicted octanol–water partition coefficient (Wildman–Crippen LogP) is 1.80. The zero-order valence-electron chi connectivity index (χ0n) is 12.2. The van der Waals surface area contributed by atoms with Crippen molar-refractivity contribution in [2.75, 3.05) is 18.1 Å². The van der Waals surface area contributed by atoms with Gasteiger partial charge in [-0.25, -0.2) is 14.8 Å². The van der Waals surface area contributed by atoms with Gasteiger partial charge in [0.1, 0.15) is 18.2 Å². The number of hydrogen-bond donors (Lipinski definition) is 0. The van der Waals surface area contributed by atoms with E-state index in [0.717, 1.165) is 19.4 Å². The van der Waals surface area contributed by atoms with E-state index in [-0.39, 0.29) is 18.1 Å². The summed E-state index contributed by atoms with van der Waals surface area (Å²) in [6.45, 7) is 6.89. The molecule has 6 heteroatoms. The van der Waals surface area contributed by atoms with Gasteiger partial charge < -0.3 is 14.4 Å². The molecule has 1 atom stereocenters. The maximum Gasteiger partial charge on any atom is 0.328 e. The van der Waals surface area contributed by atoms with Gasteiger partial charge in [-0.2, -0.15) is 0 Å². The molecule has 0 amide bonds. The summed E-state index contributed by atoms with van der Waals surface area (Å²) in [7, 11) is 0. The van der Waals surface area contributed by atoms with Crippen LogP contribution in [0.3, 0.4) is 0 Å². The minimum absolute atomic E-state index is 0.0529.